The van der Waals surface area contributed by atoms with E-state index in [-0.39, 0.29) is 0 Å². The molecule has 2 nitrogen and oxygen atoms in total. The molecule has 2 aliphatic rings. The lowest BCUT2D eigenvalue weighted by Crippen LogP contribution is -2.47. The smallest absolute Gasteiger partial charge is 0.0120 e. The van der Waals surface area contributed by atoms with Crippen LogP contribution in [0.3, 0.4) is 0 Å². The highest BCUT2D eigenvalue weighted by Crippen LogP contribution is 2.23. The van der Waals surface area contributed by atoms with Crippen LogP contribution in [-0.4, -0.2) is 48.6 Å². The van der Waals surface area contributed by atoms with E-state index in [1.54, 1.807) is 0 Å². The van der Waals surface area contributed by atoms with Crippen LogP contribution in [0.25, 0.3) is 0 Å². The normalized spacial score (nSPS) is 25.4. The third-order valence-corrected chi connectivity index (χ3v) is 4.34. The summed E-state index contributed by atoms with van der Waals surface area (Å²) in [6.45, 7) is 15.3. The van der Waals surface area contributed by atoms with Gasteiger partial charge in [0.1, 0.15) is 0 Å². The molecule has 102 valence electrons. The molecule has 0 aromatic rings. The van der Waals surface area contributed by atoms with Crippen molar-refractivity contribution >= 4 is 0 Å². The molecule has 0 amide bonds. The summed E-state index contributed by atoms with van der Waals surface area (Å²) in [5.74, 6) is 0.969. The van der Waals surface area contributed by atoms with Gasteiger partial charge < -0.3 is 9.80 Å². The second kappa shape index (κ2) is 8.10. The van der Waals surface area contributed by atoms with E-state index in [4.69, 9.17) is 0 Å². The summed E-state index contributed by atoms with van der Waals surface area (Å²) in [4.78, 5) is 5.34. The van der Waals surface area contributed by atoms with Crippen molar-refractivity contribution in [3.63, 3.8) is 0 Å². The minimum atomic E-state index is 0.903. The first-order valence-electron chi connectivity index (χ1n) is 7.76. The van der Waals surface area contributed by atoms with Crippen molar-refractivity contribution < 1.29 is 0 Å². The molecule has 2 saturated heterocycles. The molecule has 2 aliphatic heterocycles. The minimum absolute atomic E-state index is 0.903. The SMILES string of the molecule is CC.CCN1CCC(N2CCC(C)CC2)CC1. The Bertz CT molecular complexity index is 177. The molecule has 2 heteroatoms. The molecule has 0 bridgehead atoms. The van der Waals surface area contributed by atoms with Crippen molar-refractivity contribution in [2.45, 2.75) is 59.4 Å². The molecule has 0 spiro atoms. The standard InChI is InChI=1S/C13H26N2.C2H6/c1-3-14-8-6-13(7-9-14)15-10-4-12(2)5-11-15;1-2/h12-13H,3-11H2,1-2H3;1-2H3. The maximum atomic E-state index is 2.76. The molecule has 0 aromatic carbocycles. The van der Waals surface area contributed by atoms with Gasteiger partial charge in [-0.3, -0.25) is 0 Å². The lowest BCUT2D eigenvalue weighted by atomic mass is 9.95. The molecular weight excluding hydrogens is 208 g/mol. The summed E-state index contributed by atoms with van der Waals surface area (Å²) in [5, 5.41) is 0. The Balaban J connectivity index is 0.000000686. The van der Waals surface area contributed by atoms with Crippen molar-refractivity contribution in [1.29, 1.82) is 0 Å². The van der Waals surface area contributed by atoms with Crippen molar-refractivity contribution in [2.75, 3.05) is 32.7 Å². The number of rotatable bonds is 2. The predicted octanol–water partition coefficient (Wildman–Crippen LogP) is 3.23. The van der Waals surface area contributed by atoms with Gasteiger partial charge in [0, 0.05) is 6.04 Å². The van der Waals surface area contributed by atoms with Crippen LogP contribution in [0, 0.1) is 5.92 Å². The van der Waals surface area contributed by atoms with Crippen LogP contribution in [0.1, 0.15) is 53.4 Å². The molecule has 2 rings (SSSR count). The second-order valence-corrected chi connectivity index (χ2v) is 5.38. The van der Waals surface area contributed by atoms with Gasteiger partial charge in [-0.25, -0.2) is 0 Å². The number of nitrogens with zero attached hydrogens (tertiary/aromatic N) is 2. The van der Waals surface area contributed by atoms with Gasteiger partial charge in [-0.15, -0.1) is 0 Å². The van der Waals surface area contributed by atoms with Crippen LogP contribution in [-0.2, 0) is 0 Å². The van der Waals surface area contributed by atoms with Crippen LogP contribution < -0.4 is 0 Å². The molecule has 0 N–H and O–H groups in total. The third kappa shape index (κ3) is 4.59. The van der Waals surface area contributed by atoms with Gasteiger partial charge in [0.2, 0.25) is 0 Å². The largest absolute Gasteiger partial charge is 0.303 e. The predicted molar refractivity (Wildman–Crippen MR) is 76.5 cm³/mol. The minimum Gasteiger partial charge on any atom is -0.303 e. The maximum Gasteiger partial charge on any atom is 0.0120 e. The van der Waals surface area contributed by atoms with E-state index in [1.807, 2.05) is 13.8 Å². The van der Waals surface area contributed by atoms with Gasteiger partial charge in [-0.1, -0.05) is 27.7 Å². The zero-order chi connectivity index (χ0) is 12.7. The highest BCUT2D eigenvalue weighted by atomic mass is 15.2. The zero-order valence-electron chi connectivity index (χ0n) is 12.4. The van der Waals surface area contributed by atoms with Crippen LogP contribution in [0.2, 0.25) is 0 Å². The quantitative estimate of drug-likeness (QED) is 0.731. The van der Waals surface area contributed by atoms with Crippen molar-refractivity contribution in [3.05, 3.63) is 0 Å². The summed E-state index contributed by atoms with van der Waals surface area (Å²) in [6.07, 6.45) is 5.66. The fourth-order valence-electron chi connectivity index (χ4n) is 2.99. The van der Waals surface area contributed by atoms with Gasteiger partial charge in [0.15, 0.2) is 0 Å². The molecule has 2 heterocycles. The molecule has 0 aliphatic carbocycles. The summed E-state index contributed by atoms with van der Waals surface area (Å²) >= 11 is 0. The first kappa shape index (κ1) is 15.0. The zero-order valence-corrected chi connectivity index (χ0v) is 12.4. The Labute approximate surface area is 108 Å². The lowest BCUT2D eigenvalue weighted by molar-refractivity contribution is 0.0823. The molecule has 17 heavy (non-hydrogen) atoms. The van der Waals surface area contributed by atoms with E-state index >= 15 is 0 Å². The van der Waals surface area contributed by atoms with E-state index in [9.17, 15) is 0 Å². The average Bonchev–Trinajstić information content (AvgIpc) is 2.42. The highest BCUT2D eigenvalue weighted by molar-refractivity contribution is 4.82. The van der Waals surface area contributed by atoms with E-state index < -0.39 is 0 Å². The van der Waals surface area contributed by atoms with Crippen LogP contribution >= 0.6 is 0 Å². The molecule has 0 aromatic heterocycles. The van der Waals surface area contributed by atoms with Gasteiger partial charge in [0.25, 0.3) is 0 Å². The third-order valence-electron chi connectivity index (χ3n) is 4.34. The monoisotopic (exact) mass is 240 g/mol. The maximum absolute atomic E-state index is 2.76. The van der Waals surface area contributed by atoms with E-state index in [0.717, 1.165) is 12.0 Å². The van der Waals surface area contributed by atoms with E-state index in [2.05, 4.69) is 23.6 Å². The number of hydrogen-bond acceptors (Lipinski definition) is 2. The van der Waals surface area contributed by atoms with E-state index in [0.29, 0.717) is 0 Å². The van der Waals surface area contributed by atoms with Gasteiger partial charge in [-0.05, 0) is 64.3 Å². The first-order chi connectivity index (χ1) is 8.29. The Kier molecular flexibility index (Phi) is 7.14. The lowest BCUT2D eigenvalue weighted by Gasteiger charge is -2.41. The van der Waals surface area contributed by atoms with Crippen molar-refractivity contribution in [1.82, 2.24) is 9.80 Å². The number of piperidine rings is 2. The summed E-state index contributed by atoms with van der Waals surface area (Å²) in [6, 6.07) is 0.903. The topological polar surface area (TPSA) is 6.48 Å². The number of hydrogen-bond donors (Lipinski definition) is 0. The van der Waals surface area contributed by atoms with Gasteiger partial charge in [-0.2, -0.15) is 0 Å². The summed E-state index contributed by atoms with van der Waals surface area (Å²) in [7, 11) is 0. The second-order valence-electron chi connectivity index (χ2n) is 5.38. The van der Waals surface area contributed by atoms with Crippen LogP contribution in [0.5, 0.6) is 0 Å². The van der Waals surface area contributed by atoms with Crippen molar-refractivity contribution in [3.8, 4) is 0 Å². The number of likely N-dealkylation sites (tertiary alicyclic amines) is 2. The molecule has 0 saturated carbocycles. The Morgan fingerprint density at radius 1 is 0.882 bits per heavy atom. The fraction of sp³-hybridized carbons (Fsp3) is 1.00. The van der Waals surface area contributed by atoms with E-state index in [1.165, 1.54) is 58.4 Å². The molecule has 2 fully saturated rings. The molecule has 0 radical (unpaired) electrons. The average molecular weight is 240 g/mol. The van der Waals surface area contributed by atoms with Crippen LogP contribution in [0.4, 0.5) is 0 Å². The molecular formula is C15H32N2. The molecule has 0 atom stereocenters. The Morgan fingerprint density at radius 2 is 1.41 bits per heavy atom. The fourth-order valence-corrected chi connectivity index (χ4v) is 2.99. The van der Waals surface area contributed by atoms with Gasteiger partial charge in [0.05, 0.1) is 0 Å². The highest BCUT2D eigenvalue weighted by Gasteiger charge is 2.26. The Morgan fingerprint density at radius 3 is 1.88 bits per heavy atom. The Hall–Kier alpha value is -0.0800. The molecule has 0 unspecified atom stereocenters. The summed E-state index contributed by atoms with van der Waals surface area (Å²) in [5.41, 5.74) is 0. The van der Waals surface area contributed by atoms with Gasteiger partial charge >= 0.3 is 0 Å². The van der Waals surface area contributed by atoms with Crippen LogP contribution in [0.15, 0.2) is 0 Å². The van der Waals surface area contributed by atoms with Crippen molar-refractivity contribution in [2.24, 2.45) is 5.92 Å². The first-order valence-corrected chi connectivity index (χ1v) is 7.76. The summed E-state index contributed by atoms with van der Waals surface area (Å²) < 4.78 is 0.